The first-order valence-electron chi connectivity index (χ1n) is 8.51. The highest BCUT2D eigenvalue weighted by atomic mass is 32.2. The van der Waals surface area contributed by atoms with E-state index in [4.69, 9.17) is 4.74 Å². The van der Waals surface area contributed by atoms with Crippen molar-refractivity contribution in [3.8, 4) is 11.6 Å². The first-order valence-corrected chi connectivity index (χ1v) is 9.49. The van der Waals surface area contributed by atoms with Crippen LogP contribution in [0.15, 0.2) is 59.8 Å². The van der Waals surface area contributed by atoms with Crippen LogP contribution in [-0.4, -0.2) is 9.97 Å². The molecular formula is C21H21FN2OS. The summed E-state index contributed by atoms with van der Waals surface area (Å²) in [6.45, 7) is 6.18. The summed E-state index contributed by atoms with van der Waals surface area (Å²) < 4.78 is 19.7. The lowest BCUT2D eigenvalue weighted by molar-refractivity contribution is 0.452. The Balaban J connectivity index is 1.81. The van der Waals surface area contributed by atoms with Crippen molar-refractivity contribution in [1.82, 2.24) is 9.97 Å². The minimum Gasteiger partial charge on any atom is -0.439 e. The van der Waals surface area contributed by atoms with Crippen molar-refractivity contribution in [2.75, 3.05) is 0 Å². The first kappa shape index (κ1) is 18.4. The molecule has 0 bridgehead atoms. The number of aryl methyl sites for hydroxylation is 1. The van der Waals surface area contributed by atoms with Gasteiger partial charge < -0.3 is 4.74 Å². The van der Waals surface area contributed by atoms with Crippen molar-refractivity contribution in [3.63, 3.8) is 0 Å². The van der Waals surface area contributed by atoms with Crippen LogP contribution < -0.4 is 4.74 Å². The van der Waals surface area contributed by atoms with Crippen LogP contribution in [0.1, 0.15) is 36.6 Å². The molecule has 3 rings (SSSR count). The maximum absolute atomic E-state index is 13.8. The Bertz CT molecular complexity index is 881. The Hall–Kier alpha value is -2.40. The predicted octanol–water partition coefficient (Wildman–Crippen LogP) is 6.13. The molecule has 3 aromatic rings. The fourth-order valence-corrected chi connectivity index (χ4v) is 3.16. The average Bonchev–Trinajstić information content (AvgIpc) is 2.63. The van der Waals surface area contributed by atoms with Gasteiger partial charge in [-0.2, -0.15) is 4.98 Å². The third-order valence-electron chi connectivity index (χ3n) is 3.85. The molecule has 3 nitrogen and oxygen atoms in total. The van der Waals surface area contributed by atoms with Crippen LogP contribution in [-0.2, 0) is 5.75 Å². The summed E-state index contributed by atoms with van der Waals surface area (Å²) in [5, 5.41) is 0.585. The molecule has 0 radical (unpaired) electrons. The maximum atomic E-state index is 13.8. The van der Waals surface area contributed by atoms with E-state index in [2.05, 4.69) is 23.8 Å². The summed E-state index contributed by atoms with van der Waals surface area (Å²) in [7, 11) is 0. The Labute approximate surface area is 157 Å². The Morgan fingerprint density at radius 3 is 2.46 bits per heavy atom. The van der Waals surface area contributed by atoms with Gasteiger partial charge in [0.15, 0.2) is 5.16 Å². The zero-order chi connectivity index (χ0) is 18.5. The van der Waals surface area contributed by atoms with E-state index in [9.17, 15) is 4.39 Å². The molecular weight excluding hydrogens is 347 g/mol. The van der Waals surface area contributed by atoms with Crippen LogP contribution in [0.25, 0.3) is 0 Å². The molecule has 0 aliphatic carbocycles. The van der Waals surface area contributed by atoms with Gasteiger partial charge in [-0.15, -0.1) is 0 Å². The van der Waals surface area contributed by atoms with E-state index < -0.39 is 0 Å². The van der Waals surface area contributed by atoms with Crippen LogP contribution in [0.4, 0.5) is 4.39 Å². The van der Waals surface area contributed by atoms with Gasteiger partial charge in [0.1, 0.15) is 11.6 Å². The van der Waals surface area contributed by atoms with Crippen molar-refractivity contribution < 1.29 is 9.13 Å². The van der Waals surface area contributed by atoms with Gasteiger partial charge in [-0.05, 0) is 36.6 Å². The number of thioether (sulfide) groups is 1. The van der Waals surface area contributed by atoms with E-state index >= 15 is 0 Å². The largest absolute Gasteiger partial charge is 0.439 e. The fourth-order valence-electron chi connectivity index (χ4n) is 2.32. The van der Waals surface area contributed by atoms with Crippen LogP contribution in [0.5, 0.6) is 11.6 Å². The summed E-state index contributed by atoms with van der Waals surface area (Å²) in [5.41, 5.74) is 2.71. The van der Waals surface area contributed by atoms with E-state index in [-0.39, 0.29) is 11.7 Å². The average molecular weight is 368 g/mol. The topological polar surface area (TPSA) is 35.0 Å². The summed E-state index contributed by atoms with van der Waals surface area (Å²) in [6.07, 6.45) is 0. The summed E-state index contributed by atoms with van der Waals surface area (Å²) in [4.78, 5) is 9.07. The zero-order valence-corrected chi connectivity index (χ0v) is 15.9. The number of aromatic nitrogens is 2. The summed E-state index contributed by atoms with van der Waals surface area (Å²) in [5.74, 6) is 1.73. The molecule has 2 aromatic carbocycles. The predicted molar refractivity (Wildman–Crippen MR) is 103 cm³/mol. The molecule has 1 aromatic heterocycles. The molecule has 0 atom stereocenters. The molecule has 0 saturated heterocycles. The molecule has 0 amide bonds. The minimum atomic E-state index is -0.212. The van der Waals surface area contributed by atoms with Crippen molar-refractivity contribution in [3.05, 3.63) is 77.2 Å². The SMILES string of the molecule is Cc1ccc(Oc2cc(C(C)C)nc(SCc3ccccc3F)n2)cc1. The molecule has 0 fully saturated rings. The second-order valence-electron chi connectivity index (χ2n) is 6.36. The Kier molecular flexibility index (Phi) is 5.89. The van der Waals surface area contributed by atoms with Gasteiger partial charge in [0.2, 0.25) is 5.88 Å². The van der Waals surface area contributed by atoms with Gasteiger partial charge in [-0.3, -0.25) is 0 Å². The number of benzene rings is 2. The Morgan fingerprint density at radius 2 is 1.77 bits per heavy atom. The summed E-state index contributed by atoms with van der Waals surface area (Å²) in [6, 6.07) is 16.4. The van der Waals surface area contributed by atoms with Gasteiger partial charge in [0.25, 0.3) is 0 Å². The lowest BCUT2D eigenvalue weighted by Crippen LogP contribution is -2.00. The molecule has 0 aliphatic heterocycles. The van der Waals surface area contributed by atoms with Gasteiger partial charge in [0.05, 0.1) is 5.69 Å². The minimum absolute atomic E-state index is 0.212. The molecule has 0 saturated carbocycles. The van der Waals surface area contributed by atoms with E-state index in [0.717, 1.165) is 11.4 Å². The van der Waals surface area contributed by atoms with Crippen molar-refractivity contribution >= 4 is 11.8 Å². The molecule has 26 heavy (non-hydrogen) atoms. The van der Waals surface area contributed by atoms with Crippen LogP contribution in [0, 0.1) is 12.7 Å². The van der Waals surface area contributed by atoms with Gasteiger partial charge >= 0.3 is 0 Å². The third-order valence-corrected chi connectivity index (χ3v) is 4.75. The van der Waals surface area contributed by atoms with Crippen LogP contribution in [0.2, 0.25) is 0 Å². The van der Waals surface area contributed by atoms with E-state index in [1.54, 1.807) is 12.1 Å². The molecule has 0 spiro atoms. The Morgan fingerprint density at radius 1 is 1.04 bits per heavy atom. The van der Waals surface area contributed by atoms with E-state index in [1.807, 2.05) is 43.3 Å². The first-order chi connectivity index (χ1) is 12.5. The van der Waals surface area contributed by atoms with Gasteiger partial charge in [-0.25, -0.2) is 9.37 Å². The number of ether oxygens (including phenoxy) is 1. The third kappa shape index (κ3) is 4.82. The highest BCUT2D eigenvalue weighted by molar-refractivity contribution is 7.98. The number of nitrogens with zero attached hydrogens (tertiary/aromatic N) is 2. The van der Waals surface area contributed by atoms with Gasteiger partial charge in [0, 0.05) is 11.8 Å². The lowest BCUT2D eigenvalue weighted by Gasteiger charge is -2.11. The normalized spacial score (nSPS) is 11.0. The molecule has 0 aliphatic rings. The van der Waals surface area contributed by atoms with E-state index in [0.29, 0.717) is 22.4 Å². The lowest BCUT2D eigenvalue weighted by atomic mass is 10.1. The monoisotopic (exact) mass is 368 g/mol. The number of hydrogen-bond acceptors (Lipinski definition) is 4. The molecule has 134 valence electrons. The number of hydrogen-bond donors (Lipinski definition) is 0. The molecule has 0 N–H and O–H groups in total. The van der Waals surface area contributed by atoms with Crippen molar-refractivity contribution in [2.45, 2.75) is 37.6 Å². The highest BCUT2D eigenvalue weighted by Crippen LogP contribution is 2.28. The second-order valence-corrected chi connectivity index (χ2v) is 7.31. The standard InChI is InChI=1S/C21H21FN2OS/c1-14(2)19-12-20(25-17-10-8-15(3)9-11-17)24-21(23-19)26-13-16-6-4-5-7-18(16)22/h4-12,14H,13H2,1-3H3. The van der Waals surface area contributed by atoms with E-state index in [1.165, 1.54) is 23.4 Å². The van der Waals surface area contributed by atoms with Crippen LogP contribution in [0.3, 0.4) is 0 Å². The zero-order valence-electron chi connectivity index (χ0n) is 15.1. The van der Waals surface area contributed by atoms with Crippen molar-refractivity contribution in [1.29, 1.82) is 0 Å². The quantitative estimate of drug-likeness (QED) is 0.387. The molecule has 5 heteroatoms. The maximum Gasteiger partial charge on any atom is 0.223 e. The van der Waals surface area contributed by atoms with Crippen LogP contribution >= 0.6 is 11.8 Å². The second kappa shape index (κ2) is 8.32. The smallest absolute Gasteiger partial charge is 0.223 e. The fraction of sp³-hybridized carbons (Fsp3) is 0.238. The number of rotatable bonds is 6. The molecule has 0 unspecified atom stereocenters. The van der Waals surface area contributed by atoms with Crippen molar-refractivity contribution in [2.24, 2.45) is 0 Å². The highest BCUT2D eigenvalue weighted by Gasteiger charge is 2.11. The number of halogens is 1. The summed E-state index contributed by atoms with van der Waals surface area (Å²) >= 11 is 1.40. The van der Waals surface area contributed by atoms with Gasteiger partial charge in [-0.1, -0.05) is 61.5 Å². The molecule has 1 heterocycles.